The Kier molecular flexibility index (Phi) is 3.96. The molecule has 0 heterocycles. The maximum atomic E-state index is 12.5. The van der Waals surface area contributed by atoms with Crippen molar-refractivity contribution in [3.05, 3.63) is 27.8 Å². The number of methoxy groups -OCH3 is 1. The van der Waals surface area contributed by atoms with Gasteiger partial charge in [-0.25, -0.2) is 8.42 Å². The zero-order chi connectivity index (χ0) is 15.0. The van der Waals surface area contributed by atoms with Crippen LogP contribution in [0.2, 0.25) is 0 Å². The highest BCUT2D eigenvalue weighted by Gasteiger charge is 2.37. The van der Waals surface area contributed by atoms with Crippen LogP contribution in [-0.2, 0) is 15.2 Å². The molecule has 0 bridgehead atoms. The number of nitro benzene ring substituents is 1. The van der Waals surface area contributed by atoms with Crippen LogP contribution in [-0.4, -0.2) is 20.5 Å². The van der Waals surface area contributed by atoms with Crippen molar-refractivity contribution < 1.29 is 31.2 Å². The minimum absolute atomic E-state index is 0.171. The third-order valence-corrected chi connectivity index (χ3v) is 3.35. The molecule has 0 saturated carbocycles. The number of benzene rings is 1. The lowest BCUT2D eigenvalue weighted by Crippen LogP contribution is -2.09. The van der Waals surface area contributed by atoms with E-state index in [1.807, 2.05) is 0 Å². The monoisotopic (exact) mass is 319 g/mol. The molecule has 6 nitrogen and oxygen atoms in total. The van der Waals surface area contributed by atoms with E-state index in [2.05, 4.69) is 4.74 Å². The number of halogens is 4. The molecule has 11 heteroatoms. The van der Waals surface area contributed by atoms with Crippen molar-refractivity contribution in [3.63, 3.8) is 0 Å². The fourth-order valence-electron chi connectivity index (χ4n) is 1.27. The molecule has 0 unspecified atom stereocenters. The Morgan fingerprint density at radius 1 is 1.37 bits per heavy atom. The molecule has 0 spiro atoms. The summed E-state index contributed by atoms with van der Waals surface area (Å²) >= 11 is 0. The van der Waals surface area contributed by atoms with Gasteiger partial charge in [0, 0.05) is 16.7 Å². The SMILES string of the molecule is COc1c([N+](=O)[O-])cc(C(F)(F)F)cc1S(=O)(=O)Cl. The Hall–Kier alpha value is -1.55. The van der Waals surface area contributed by atoms with Crippen molar-refractivity contribution in [2.45, 2.75) is 11.1 Å². The van der Waals surface area contributed by atoms with Gasteiger partial charge in [-0.05, 0) is 6.07 Å². The van der Waals surface area contributed by atoms with Crippen LogP contribution in [0.25, 0.3) is 0 Å². The van der Waals surface area contributed by atoms with Crippen molar-refractivity contribution in [1.29, 1.82) is 0 Å². The zero-order valence-corrected chi connectivity index (χ0v) is 10.6. The predicted octanol–water partition coefficient (Wildman–Crippen LogP) is 2.55. The second-order valence-electron chi connectivity index (χ2n) is 3.22. The highest BCUT2D eigenvalue weighted by atomic mass is 35.7. The van der Waals surface area contributed by atoms with Gasteiger partial charge in [-0.15, -0.1) is 0 Å². The van der Waals surface area contributed by atoms with Crippen LogP contribution in [0.3, 0.4) is 0 Å². The maximum Gasteiger partial charge on any atom is 0.416 e. The van der Waals surface area contributed by atoms with Gasteiger partial charge in [0.15, 0.2) is 0 Å². The maximum absolute atomic E-state index is 12.5. The second kappa shape index (κ2) is 4.85. The topological polar surface area (TPSA) is 86.5 Å². The fraction of sp³-hybridized carbons (Fsp3) is 0.250. The van der Waals surface area contributed by atoms with Crippen LogP contribution >= 0.6 is 10.7 Å². The highest BCUT2D eigenvalue weighted by Crippen LogP contribution is 2.41. The lowest BCUT2D eigenvalue weighted by atomic mass is 10.2. The normalized spacial score (nSPS) is 12.3. The van der Waals surface area contributed by atoms with E-state index in [0.29, 0.717) is 0 Å². The lowest BCUT2D eigenvalue weighted by molar-refractivity contribution is -0.386. The van der Waals surface area contributed by atoms with Crippen molar-refractivity contribution in [2.75, 3.05) is 7.11 Å². The molecule has 106 valence electrons. The Bertz CT molecular complexity index is 628. The molecule has 0 aliphatic rings. The number of hydrogen-bond acceptors (Lipinski definition) is 5. The molecule has 1 aromatic carbocycles. The smallest absolute Gasteiger partial charge is 0.416 e. The van der Waals surface area contributed by atoms with Crippen LogP contribution < -0.4 is 4.74 Å². The summed E-state index contributed by atoms with van der Waals surface area (Å²) in [5.74, 6) is -0.854. The summed E-state index contributed by atoms with van der Waals surface area (Å²) in [6.45, 7) is 0. The summed E-state index contributed by atoms with van der Waals surface area (Å²) in [6, 6.07) is 0.346. The van der Waals surface area contributed by atoms with Crippen LogP contribution in [0.1, 0.15) is 5.56 Å². The van der Waals surface area contributed by atoms with E-state index in [1.54, 1.807) is 0 Å². The van der Waals surface area contributed by atoms with Crippen LogP contribution in [0.4, 0.5) is 18.9 Å². The summed E-state index contributed by atoms with van der Waals surface area (Å²) in [6.07, 6.45) is -4.96. The molecule has 0 fully saturated rings. The molecular weight excluding hydrogens is 315 g/mol. The first-order valence-corrected chi connectivity index (χ1v) is 6.67. The van der Waals surface area contributed by atoms with E-state index in [-0.39, 0.29) is 12.1 Å². The van der Waals surface area contributed by atoms with E-state index in [1.165, 1.54) is 0 Å². The highest BCUT2D eigenvalue weighted by molar-refractivity contribution is 8.13. The number of rotatable bonds is 3. The molecule has 0 aromatic heterocycles. The predicted molar refractivity (Wildman–Crippen MR) is 57.7 cm³/mol. The van der Waals surface area contributed by atoms with Gasteiger partial charge in [-0.1, -0.05) is 0 Å². The first-order chi connectivity index (χ1) is 8.48. The van der Waals surface area contributed by atoms with Gasteiger partial charge < -0.3 is 4.74 Å². The summed E-state index contributed by atoms with van der Waals surface area (Å²) in [5.41, 5.74) is -2.66. The number of alkyl halides is 3. The van der Waals surface area contributed by atoms with Crippen molar-refractivity contribution in [2.24, 2.45) is 0 Å². The molecule has 0 saturated heterocycles. The van der Waals surface area contributed by atoms with Gasteiger partial charge >= 0.3 is 11.9 Å². The average Bonchev–Trinajstić information content (AvgIpc) is 2.24. The number of nitro groups is 1. The third-order valence-electron chi connectivity index (χ3n) is 2.03. The summed E-state index contributed by atoms with van der Waals surface area (Å²) in [5, 5.41) is 10.7. The summed E-state index contributed by atoms with van der Waals surface area (Å²) in [7, 11) is 1.18. The average molecular weight is 320 g/mol. The Morgan fingerprint density at radius 3 is 2.21 bits per heavy atom. The van der Waals surface area contributed by atoms with Gasteiger partial charge in [0.25, 0.3) is 9.05 Å². The third kappa shape index (κ3) is 3.26. The number of ether oxygens (including phenoxy) is 1. The van der Waals surface area contributed by atoms with E-state index in [4.69, 9.17) is 10.7 Å². The Labute approximate surface area is 109 Å². The zero-order valence-electron chi connectivity index (χ0n) is 9.06. The van der Waals surface area contributed by atoms with Gasteiger partial charge in [-0.3, -0.25) is 10.1 Å². The summed E-state index contributed by atoms with van der Waals surface area (Å²) in [4.78, 5) is 8.35. The first kappa shape index (κ1) is 15.5. The molecule has 0 N–H and O–H groups in total. The molecule has 0 aliphatic carbocycles. The molecule has 0 aliphatic heterocycles. The molecule has 1 rings (SSSR count). The van der Waals surface area contributed by atoms with E-state index in [0.717, 1.165) is 7.11 Å². The molecular formula is C8H5ClF3NO5S. The van der Waals surface area contributed by atoms with E-state index < -0.39 is 42.0 Å². The van der Waals surface area contributed by atoms with Gasteiger partial charge in [-0.2, -0.15) is 13.2 Å². The minimum atomic E-state index is -4.96. The van der Waals surface area contributed by atoms with Crippen LogP contribution in [0.5, 0.6) is 5.75 Å². The second-order valence-corrected chi connectivity index (χ2v) is 5.75. The van der Waals surface area contributed by atoms with Crippen LogP contribution in [0.15, 0.2) is 17.0 Å². The summed E-state index contributed by atoms with van der Waals surface area (Å²) < 4.78 is 64.4. The number of hydrogen-bond donors (Lipinski definition) is 0. The molecule has 0 amide bonds. The lowest BCUT2D eigenvalue weighted by Gasteiger charge is -2.11. The van der Waals surface area contributed by atoms with Crippen molar-refractivity contribution in [1.82, 2.24) is 0 Å². The molecule has 0 radical (unpaired) electrons. The first-order valence-electron chi connectivity index (χ1n) is 4.36. The Balaban J connectivity index is 3.80. The fourth-order valence-corrected chi connectivity index (χ4v) is 2.29. The number of nitrogens with zero attached hydrogens (tertiary/aromatic N) is 1. The van der Waals surface area contributed by atoms with Crippen LogP contribution in [0, 0.1) is 10.1 Å². The molecule has 1 aromatic rings. The Morgan fingerprint density at radius 2 is 1.89 bits per heavy atom. The quantitative estimate of drug-likeness (QED) is 0.485. The molecule has 19 heavy (non-hydrogen) atoms. The van der Waals surface area contributed by atoms with Gasteiger partial charge in [0.1, 0.15) is 4.90 Å². The largest absolute Gasteiger partial charge is 0.489 e. The minimum Gasteiger partial charge on any atom is -0.489 e. The standard InChI is InChI=1S/C8H5ClF3NO5S/c1-18-7-5(13(14)15)2-4(8(10,11)12)3-6(7)19(9,16)17/h2-3H,1H3. The van der Waals surface area contributed by atoms with Gasteiger partial charge in [0.2, 0.25) is 5.75 Å². The van der Waals surface area contributed by atoms with Crippen molar-refractivity contribution in [3.8, 4) is 5.75 Å². The van der Waals surface area contributed by atoms with E-state index >= 15 is 0 Å². The van der Waals surface area contributed by atoms with Crippen molar-refractivity contribution >= 4 is 25.4 Å². The molecule has 0 atom stereocenters. The van der Waals surface area contributed by atoms with Gasteiger partial charge in [0.05, 0.1) is 17.6 Å². The van der Waals surface area contributed by atoms with E-state index in [9.17, 15) is 31.7 Å².